The van der Waals surface area contributed by atoms with Crippen molar-refractivity contribution in [3.8, 4) is 11.8 Å². The van der Waals surface area contributed by atoms with Crippen molar-refractivity contribution in [2.24, 2.45) is 0 Å². The van der Waals surface area contributed by atoms with Crippen molar-refractivity contribution in [1.29, 1.82) is 5.26 Å². The molecule has 104 valence electrons. The Morgan fingerprint density at radius 2 is 2.16 bits per heavy atom. The first-order chi connectivity index (χ1) is 8.83. The average Bonchev–Trinajstić information content (AvgIpc) is 2.33. The van der Waals surface area contributed by atoms with Gasteiger partial charge in [-0.2, -0.15) is 5.26 Å². The number of rotatable bonds is 5. The quantitative estimate of drug-likeness (QED) is 0.853. The molecule has 0 fully saturated rings. The first kappa shape index (κ1) is 15.4. The van der Waals surface area contributed by atoms with Crippen LogP contribution in [0.3, 0.4) is 0 Å². The molecule has 0 saturated carbocycles. The zero-order valence-corrected chi connectivity index (χ0v) is 11.4. The molecule has 4 nitrogen and oxygen atoms in total. The molecule has 0 radical (unpaired) electrons. The fraction of sp³-hybridized carbons (Fsp3) is 0.500. The van der Waals surface area contributed by atoms with Gasteiger partial charge in [0.1, 0.15) is 35.9 Å². The normalized spacial score (nSPS) is 12.8. The van der Waals surface area contributed by atoms with Gasteiger partial charge in [0.2, 0.25) is 0 Å². The van der Waals surface area contributed by atoms with E-state index in [2.05, 4.69) is 5.32 Å². The maximum absolute atomic E-state index is 13.3. The van der Waals surface area contributed by atoms with Gasteiger partial charge < -0.3 is 15.2 Å². The van der Waals surface area contributed by atoms with Crippen molar-refractivity contribution in [3.05, 3.63) is 29.6 Å². The third kappa shape index (κ3) is 5.25. The van der Waals surface area contributed by atoms with Crippen LogP contribution in [-0.2, 0) is 0 Å². The summed E-state index contributed by atoms with van der Waals surface area (Å²) in [5.41, 5.74) is -0.240. The van der Waals surface area contributed by atoms with Gasteiger partial charge >= 0.3 is 0 Å². The fourth-order valence-electron chi connectivity index (χ4n) is 1.40. The molecule has 0 heterocycles. The molecule has 0 aliphatic carbocycles. The molecule has 0 spiro atoms. The Morgan fingerprint density at radius 3 is 2.74 bits per heavy atom. The van der Waals surface area contributed by atoms with Crippen molar-refractivity contribution in [2.75, 3.05) is 13.2 Å². The highest BCUT2D eigenvalue weighted by Gasteiger charge is 2.14. The van der Waals surface area contributed by atoms with Gasteiger partial charge in [-0.25, -0.2) is 4.39 Å². The molecule has 1 aromatic carbocycles. The van der Waals surface area contributed by atoms with E-state index in [1.165, 1.54) is 18.2 Å². The first-order valence-electron chi connectivity index (χ1n) is 6.08. The van der Waals surface area contributed by atoms with Crippen LogP contribution in [0.5, 0.6) is 5.75 Å². The largest absolute Gasteiger partial charge is 0.489 e. The van der Waals surface area contributed by atoms with Gasteiger partial charge in [-0.3, -0.25) is 0 Å². The third-order valence-electron chi connectivity index (χ3n) is 2.39. The van der Waals surface area contributed by atoms with Crippen LogP contribution in [0.1, 0.15) is 26.3 Å². The van der Waals surface area contributed by atoms with Crippen molar-refractivity contribution >= 4 is 0 Å². The summed E-state index contributed by atoms with van der Waals surface area (Å²) >= 11 is 0. The van der Waals surface area contributed by atoms with E-state index >= 15 is 0 Å². The lowest BCUT2D eigenvalue weighted by molar-refractivity contribution is 0.0997. The average molecular weight is 266 g/mol. The van der Waals surface area contributed by atoms with Crippen LogP contribution >= 0.6 is 0 Å². The second-order valence-corrected chi connectivity index (χ2v) is 5.32. The van der Waals surface area contributed by atoms with E-state index in [0.29, 0.717) is 6.54 Å². The molecule has 0 bridgehead atoms. The van der Waals surface area contributed by atoms with E-state index in [4.69, 9.17) is 10.00 Å². The zero-order valence-electron chi connectivity index (χ0n) is 11.4. The predicted octanol–water partition coefficient (Wildman–Crippen LogP) is 1.83. The molecule has 1 aromatic rings. The number of hydrogen-bond donors (Lipinski definition) is 2. The summed E-state index contributed by atoms with van der Waals surface area (Å²) in [4.78, 5) is 0. The Hall–Kier alpha value is -1.64. The number of nitrogens with one attached hydrogen (secondary N) is 1. The number of β-amino-alcohol motifs (C(OH)–C–C–N with tert-alkyl or cyclic N) is 1. The molecule has 0 amide bonds. The Bertz CT molecular complexity index is 463. The van der Waals surface area contributed by atoms with Crippen LogP contribution in [0.4, 0.5) is 4.39 Å². The summed E-state index contributed by atoms with van der Waals surface area (Å²) in [6, 6.07) is 5.91. The number of hydrogen-bond acceptors (Lipinski definition) is 4. The molecule has 0 aliphatic rings. The van der Waals surface area contributed by atoms with Gasteiger partial charge in [0, 0.05) is 12.1 Å². The highest BCUT2D eigenvalue weighted by atomic mass is 19.1. The van der Waals surface area contributed by atoms with E-state index in [9.17, 15) is 9.50 Å². The van der Waals surface area contributed by atoms with Crippen LogP contribution < -0.4 is 10.1 Å². The lowest BCUT2D eigenvalue weighted by Crippen LogP contribution is -2.42. The monoisotopic (exact) mass is 266 g/mol. The minimum Gasteiger partial charge on any atom is -0.489 e. The standard InChI is InChI=1S/C14H19FN2O2/c1-14(2,3)17-8-10(18)9-19-13-6-4-5-12(15)11(13)7-16/h4-6,10,17-18H,8-9H2,1-3H3. The Labute approximate surface area is 112 Å². The highest BCUT2D eigenvalue weighted by molar-refractivity contribution is 5.43. The second kappa shape index (κ2) is 6.50. The van der Waals surface area contributed by atoms with Crippen LogP contribution in [0.25, 0.3) is 0 Å². The van der Waals surface area contributed by atoms with Crippen molar-refractivity contribution < 1.29 is 14.2 Å². The number of aliphatic hydroxyl groups excluding tert-OH is 1. The summed E-state index contributed by atoms with van der Waals surface area (Å²) in [5.74, 6) is -0.473. The van der Waals surface area contributed by atoms with Crippen LogP contribution in [0.2, 0.25) is 0 Å². The van der Waals surface area contributed by atoms with Crippen LogP contribution in [-0.4, -0.2) is 29.9 Å². The molecule has 19 heavy (non-hydrogen) atoms. The first-order valence-corrected chi connectivity index (χ1v) is 6.08. The van der Waals surface area contributed by atoms with Crippen LogP contribution in [0.15, 0.2) is 18.2 Å². The summed E-state index contributed by atoms with van der Waals surface area (Å²) in [6.45, 7) is 6.32. The van der Waals surface area contributed by atoms with Crippen molar-refractivity contribution in [2.45, 2.75) is 32.4 Å². The second-order valence-electron chi connectivity index (χ2n) is 5.32. The molecular formula is C14H19FN2O2. The molecule has 0 aromatic heterocycles. The van der Waals surface area contributed by atoms with Gasteiger partial charge in [-0.15, -0.1) is 0 Å². The molecule has 0 saturated heterocycles. The SMILES string of the molecule is CC(C)(C)NCC(O)COc1cccc(F)c1C#N. The van der Waals surface area contributed by atoms with Crippen molar-refractivity contribution in [1.82, 2.24) is 5.32 Å². The summed E-state index contributed by atoms with van der Waals surface area (Å²) in [5, 5.41) is 21.7. The number of nitriles is 1. The molecule has 1 rings (SSSR count). The van der Waals surface area contributed by atoms with E-state index < -0.39 is 11.9 Å². The third-order valence-corrected chi connectivity index (χ3v) is 2.39. The minimum absolute atomic E-state index is 0.00120. The predicted molar refractivity (Wildman–Crippen MR) is 70.4 cm³/mol. The summed E-state index contributed by atoms with van der Waals surface area (Å²) in [6.07, 6.45) is -0.728. The molecule has 0 aliphatic heterocycles. The molecule has 1 atom stereocenters. The van der Waals surface area contributed by atoms with Gasteiger partial charge in [-0.1, -0.05) is 6.07 Å². The molecule has 2 N–H and O–H groups in total. The topological polar surface area (TPSA) is 65.3 Å². The summed E-state index contributed by atoms with van der Waals surface area (Å²) in [7, 11) is 0. The van der Waals surface area contributed by atoms with Gasteiger partial charge in [0.25, 0.3) is 0 Å². The molecule has 5 heteroatoms. The zero-order chi connectivity index (χ0) is 14.5. The van der Waals surface area contributed by atoms with Crippen LogP contribution in [0, 0.1) is 17.1 Å². The lowest BCUT2D eigenvalue weighted by atomic mass is 10.1. The Kier molecular flexibility index (Phi) is 5.28. The van der Waals surface area contributed by atoms with Gasteiger partial charge in [-0.05, 0) is 32.9 Å². The van der Waals surface area contributed by atoms with E-state index in [1.54, 1.807) is 6.07 Å². The number of halogens is 1. The highest BCUT2D eigenvalue weighted by Crippen LogP contribution is 2.20. The van der Waals surface area contributed by atoms with Gasteiger partial charge in [0.05, 0.1) is 0 Å². The van der Waals surface area contributed by atoms with E-state index in [1.807, 2.05) is 20.8 Å². The fourth-order valence-corrected chi connectivity index (χ4v) is 1.40. The maximum atomic E-state index is 13.3. The number of ether oxygens (including phenoxy) is 1. The Balaban J connectivity index is 2.54. The Morgan fingerprint density at radius 1 is 1.47 bits per heavy atom. The summed E-state index contributed by atoms with van der Waals surface area (Å²) < 4.78 is 18.6. The maximum Gasteiger partial charge on any atom is 0.144 e. The minimum atomic E-state index is -0.728. The number of nitrogens with zero attached hydrogens (tertiary/aromatic N) is 1. The van der Waals surface area contributed by atoms with Gasteiger partial charge in [0.15, 0.2) is 0 Å². The van der Waals surface area contributed by atoms with E-state index in [-0.39, 0.29) is 23.5 Å². The molecule has 1 unspecified atom stereocenters. The number of aliphatic hydroxyl groups is 1. The number of benzene rings is 1. The lowest BCUT2D eigenvalue weighted by Gasteiger charge is -2.23. The van der Waals surface area contributed by atoms with E-state index in [0.717, 1.165) is 0 Å². The smallest absolute Gasteiger partial charge is 0.144 e. The molecular weight excluding hydrogens is 247 g/mol. The van der Waals surface area contributed by atoms with Crippen molar-refractivity contribution in [3.63, 3.8) is 0 Å².